The van der Waals surface area contributed by atoms with E-state index >= 15 is 0 Å². The quantitative estimate of drug-likeness (QED) is 0.281. The second-order valence-electron chi connectivity index (χ2n) is 7.99. The smallest absolute Gasteiger partial charge is 0.0522 e. The SMILES string of the molecule is CCCC(CCC)(CCC)COCC(CCC)(CCC)CCC. The monoisotopic (exact) mass is 326 g/mol. The first-order valence-corrected chi connectivity index (χ1v) is 10.6. The summed E-state index contributed by atoms with van der Waals surface area (Å²) >= 11 is 0. The highest BCUT2D eigenvalue weighted by atomic mass is 16.5. The Morgan fingerprint density at radius 1 is 0.435 bits per heavy atom. The largest absolute Gasteiger partial charge is 0.380 e. The normalized spacial score (nSPS) is 12.8. The zero-order valence-electron chi connectivity index (χ0n) is 17.3. The van der Waals surface area contributed by atoms with Crippen molar-refractivity contribution in [3.63, 3.8) is 0 Å². The fourth-order valence-corrected chi connectivity index (χ4v) is 4.85. The van der Waals surface area contributed by atoms with Gasteiger partial charge in [0.25, 0.3) is 0 Å². The Morgan fingerprint density at radius 2 is 0.652 bits per heavy atom. The van der Waals surface area contributed by atoms with Crippen molar-refractivity contribution >= 4 is 0 Å². The van der Waals surface area contributed by atoms with Gasteiger partial charge in [-0.25, -0.2) is 0 Å². The van der Waals surface area contributed by atoms with E-state index in [4.69, 9.17) is 4.74 Å². The minimum atomic E-state index is 0.439. The van der Waals surface area contributed by atoms with E-state index in [1.807, 2.05) is 0 Å². The van der Waals surface area contributed by atoms with E-state index < -0.39 is 0 Å². The fourth-order valence-electron chi connectivity index (χ4n) is 4.85. The molecule has 0 spiro atoms. The van der Waals surface area contributed by atoms with Crippen molar-refractivity contribution in [2.75, 3.05) is 13.2 Å². The van der Waals surface area contributed by atoms with Crippen LogP contribution in [0, 0.1) is 10.8 Å². The van der Waals surface area contributed by atoms with Gasteiger partial charge in [0.15, 0.2) is 0 Å². The zero-order valence-corrected chi connectivity index (χ0v) is 17.3. The van der Waals surface area contributed by atoms with Crippen LogP contribution in [-0.2, 0) is 4.74 Å². The number of rotatable bonds is 16. The topological polar surface area (TPSA) is 9.23 Å². The van der Waals surface area contributed by atoms with Gasteiger partial charge in [-0.15, -0.1) is 0 Å². The molecule has 0 aromatic heterocycles. The molecule has 0 heterocycles. The van der Waals surface area contributed by atoms with Crippen LogP contribution in [-0.4, -0.2) is 13.2 Å². The summed E-state index contributed by atoms with van der Waals surface area (Å²) in [5.74, 6) is 0. The average Bonchev–Trinajstić information content (AvgIpc) is 2.49. The molecule has 23 heavy (non-hydrogen) atoms. The van der Waals surface area contributed by atoms with Crippen molar-refractivity contribution in [2.24, 2.45) is 10.8 Å². The summed E-state index contributed by atoms with van der Waals surface area (Å²) in [6, 6.07) is 0. The fraction of sp³-hybridized carbons (Fsp3) is 1.00. The molecule has 0 N–H and O–H groups in total. The van der Waals surface area contributed by atoms with E-state index in [0.29, 0.717) is 10.8 Å². The van der Waals surface area contributed by atoms with Crippen LogP contribution in [0.5, 0.6) is 0 Å². The molecule has 140 valence electrons. The van der Waals surface area contributed by atoms with Gasteiger partial charge in [-0.05, 0) is 49.4 Å². The Bertz CT molecular complexity index is 199. The van der Waals surface area contributed by atoms with Gasteiger partial charge in [-0.1, -0.05) is 80.1 Å². The van der Waals surface area contributed by atoms with E-state index in [1.54, 1.807) is 0 Å². The molecule has 0 saturated carbocycles. The van der Waals surface area contributed by atoms with E-state index in [0.717, 1.165) is 13.2 Å². The molecule has 1 heteroatoms. The molecule has 0 fully saturated rings. The van der Waals surface area contributed by atoms with Gasteiger partial charge in [-0.2, -0.15) is 0 Å². The third kappa shape index (κ3) is 8.57. The number of hydrogen-bond acceptors (Lipinski definition) is 1. The summed E-state index contributed by atoms with van der Waals surface area (Å²) in [4.78, 5) is 0. The van der Waals surface area contributed by atoms with Gasteiger partial charge >= 0.3 is 0 Å². The Hall–Kier alpha value is -0.0400. The third-order valence-corrected chi connectivity index (χ3v) is 5.50. The number of ether oxygens (including phenoxy) is 1. The van der Waals surface area contributed by atoms with Crippen LogP contribution >= 0.6 is 0 Å². The van der Waals surface area contributed by atoms with E-state index in [9.17, 15) is 0 Å². The molecule has 0 bridgehead atoms. The minimum Gasteiger partial charge on any atom is -0.380 e. The Kier molecular flexibility index (Phi) is 13.3. The van der Waals surface area contributed by atoms with Crippen LogP contribution in [0.2, 0.25) is 0 Å². The summed E-state index contributed by atoms with van der Waals surface area (Å²) in [6.07, 6.45) is 15.7. The maximum Gasteiger partial charge on any atom is 0.0522 e. The van der Waals surface area contributed by atoms with Gasteiger partial charge in [-0.3, -0.25) is 0 Å². The molecule has 0 aromatic rings. The van der Waals surface area contributed by atoms with Crippen molar-refractivity contribution in [3.05, 3.63) is 0 Å². The average molecular weight is 327 g/mol. The zero-order chi connectivity index (χ0) is 17.6. The van der Waals surface area contributed by atoms with Crippen LogP contribution in [0.15, 0.2) is 0 Å². The molecule has 0 aliphatic heterocycles. The highest BCUT2D eigenvalue weighted by Gasteiger charge is 2.31. The molecule has 0 aliphatic rings. The lowest BCUT2D eigenvalue weighted by molar-refractivity contribution is -0.0290. The van der Waals surface area contributed by atoms with Crippen LogP contribution in [0.4, 0.5) is 0 Å². The molecule has 0 rings (SSSR count). The molecule has 0 atom stereocenters. The molecule has 0 saturated heterocycles. The van der Waals surface area contributed by atoms with Gasteiger partial charge in [0.05, 0.1) is 13.2 Å². The van der Waals surface area contributed by atoms with E-state index in [-0.39, 0.29) is 0 Å². The van der Waals surface area contributed by atoms with Crippen LogP contribution < -0.4 is 0 Å². The van der Waals surface area contributed by atoms with Crippen molar-refractivity contribution < 1.29 is 4.74 Å². The highest BCUT2D eigenvalue weighted by Crippen LogP contribution is 2.39. The lowest BCUT2D eigenvalue weighted by Gasteiger charge is -2.37. The first-order chi connectivity index (χ1) is 11.1. The number of hydrogen-bond donors (Lipinski definition) is 0. The summed E-state index contributed by atoms with van der Waals surface area (Å²) in [6.45, 7) is 15.9. The third-order valence-electron chi connectivity index (χ3n) is 5.50. The lowest BCUT2D eigenvalue weighted by atomic mass is 9.75. The highest BCUT2D eigenvalue weighted by molar-refractivity contribution is 4.81. The van der Waals surface area contributed by atoms with Crippen molar-refractivity contribution in [2.45, 2.75) is 119 Å². The Morgan fingerprint density at radius 3 is 0.826 bits per heavy atom. The standard InChI is InChI=1S/C22H46O/c1-7-13-21(14-8-2,15-9-3)19-23-20-22(16-10-4,17-11-5)18-12-6/h7-20H2,1-6H3. The van der Waals surface area contributed by atoms with Crippen molar-refractivity contribution in [1.29, 1.82) is 0 Å². The Balaban J connectivity index is 4.82. The van der Waals surface area contributed by atoms with Crippen LogP contribution in [0.25, 0.3) is 0 Å². The lowest BCUT2D eigenvalue weighted by Crippen LogP contribution is -2.32. The van der Waals surface area contributed by atoms with Gasteiger partial charge in [0.2, 0.25) is 0 Å². The molecule has 0 amide bonds. The predicted octanol–water partition coefficient (Wildman–Crippen LogP) is 7.78. The molecular formula is C22H46O. The maximum atomic E-state index is 6.48. The van der Waals surface area contributed by atoms with E-state index in [1.165, 1.54) is 77.0 Å². The van der Waals surface area contributed by atoms with Gasteiger partial charge < -0.3 is 4.74 Å². The van der Waals surface area contributed by atoms with Crippen molar-refractivity contribution in [3.8, 4) is 0 Å². The van der Waals surface area contributed by atoms with Crippen molar-refractivity contribution in [1.82, 2.24) is 0 Å². The van der Waals surface area contributed by atoms with E-state index in [2.05, 4.69) is 41.5 Å². The molecule has 0 aromatic carbocycles. The Labute approximate surface area is 148 Å². The molecule has 0 aliphatic carbocycles. The maximum absolute atomic E-state index is 6.48. The minimum absolute atomic E-state index is 0.439. The summed E-state index contributed by atoms with van der Waals surface area (Å²) in [5.41, 5.74) is 0.878. The van der Waals surface area contributed by atoms with Gasteiger partial charge in [0.1, 0.15) is 0 Å². The first kappa shape index (κ1) is 23.0. The summed E-state index contributed by atoms with van der Waals surface area (Å²) in [5, 5.41) is 0. The molecular weight excluding hydrogens is 280 g/mol. The van der Waals surface area contributed by atoms with Crippen LogP contribution in [0.3, 0.4) is 0 Å². The molecule has 0 radical (unpaired) electrons. The second-order valence-corrected chi connectivity index (χ2v) is 7.99. The second kappa shape index (κ2) is 13.3. The van der Waals surface area contributed by atoms with Crippen LogP contribution in [0.1, 0.15) is 119 Å². The summed E-state index contributed by atoms with van der Waals surface area (Å²) in [7, 11) is 0. The molecule has 0 unspecified atom stereocenters. The summed E-state index contributed by atoms with van der Waals surface area (Å²) < 4.78 is 6.48. The van der Waals surface area contributed by atoms with Gasteiger partial charge in [0, 0.05) is 0 Å². The molecule has 1 nitrogen and oxygen atoms in total. The first-order valence-electron chi connectivity index (χ1n) is 10.6. The predicted molar refractivity (Wildman–Crippen MR) is 105 cm³/mol.